The Morgan fingerprint density at radius 3 is 2.06 bits per heavy atom. The lowest BCUT2D eigenvalue weighted by atomic mass is 10.2. The Bertz CT molecular complexity index is 296. The third-order valence-electron chi connectivity index (χ3n) is 1.44. The second-order valence-corrected chi connectivity index (χ2v) is 4.27. The highest BCUT2D eigenvalue weighted by Crippen LogP contribution is 2.07. The van der Waals surface area contributed by atoms with Crippen LogP contribution in [0, 0.1) is 0 Å². The van der Waals surface area contributed by atoms with Gasteiger partial charge in [-0.3, -0.25) is 9.59 Å². The van der Waals surface area contributed by atoms with Crippen LogP contribution < -0.4 is 16.8 Å². The lowest BCUT2D eigenvalue weighted by Crippen LogP contribution is -2.48. The van der Waals surface area contributed by atoms with E-state index in [-0.39, 0.29) is 6.42 Å². The zero-order valence-electron chi connectivity index (χ0n) is 9.57. The van der Waals surface area contributed by atoms with Gasteiger partial charge in [0, 0.05) is 0 Å². The van der Waals surface area contributed by atoms with E-state index in [9.17, 15) is 14.4 Å². The molecule has 5 N–H and O–H groups in total. The number of nitrogens with two attached hydrogens (primary N) is 2. The van der Waals surface area contributed by atoms with Crippen molar-refractivity contribution in [3.05, 3.63) is 0 Å². The van der Waals surface area contributed by atoms with Crippen molar-refractivity contribution in [1.82, 2.24) is 5.32 Å². The molecular formula is C9H17N3O4. The third-order valence-corrected chi connectivity index (χ3v) is 1.44. The molecule has 1 atom stereocenters. The maximum atomic E-state index is 11.3. The Labute approximate surface area is 93.5 Å². The van der Waals surface area contributed by atoms with Gasteiger partial charge in [-0.15, -0.1) is 0 Å². The quantitative estimate of drug-likeness (QED) is 0.588. The van der Waals surface area contributed by atoms with Crippen molar-refractivity contribution in [2.75, 3.05) is 0 Å². The Morgan fingerprint density at radius 2 is 1.75 bits per heavy atom. The van der Waals surface area contributed by atoms with E-state index in [0.29, 0.717) is 0 Å². The zero-order valence-corrected chi connectivity index (χ0v) is 9.57. The number of alkyl carbamates (subject to hydrolysis) is 1. The topological polar surface area (TPSA) is 125 Å². The summed E-state index contributed by atoms with van der Waals surface area (Å²) in [4.78, 5) is 32.7. The van der Waals surface area contributed by atoms with Gasteiger partial charge in [0.25, 0.3) is 0 Å². The fraction of sp³-hybridized carbons (Fsp3) is 0.667. The minimum absolute atomic E-state index is 0.353. The normalized spacial score (nSPS) is 12.7. The highest BCUT2D eigenvalue weighted by atomic mass is 16.6. The Hall–Kier alpha value is -1.79. The molecule has 0 fully saturated rings. The van der Waals surface area contributed by atoms with Gasteiger partial charge >= 0.3 is 6.09 Å². The number of carbonyl (C=O) groups excluding carboxylic acids is 3. The van der Waals surface area contributed by atoms with E-state index in [1.165, 1.54) is 0 Å². The third kappa shape index (κ3) is 6.63. The maximum Gasteiger partial charge on any atom is 0.408 e. The Kier molecular flexibility index (Phi) is 4.74. The fourth-order valence-corrected chi connectivity index (χ4v) is 0.874. The second-order valence-electron chi connectivity index (χ2n) is 4.27. The molecule has 0 aliphatic rings. The van der Waals surface area contributed by atoms with Crippen molar-refractivity contribution in [2.24, 2.45) is 11.5 Å². The van der Waals surface area contributed by atoms with E-state index in [4.69, 9.17) is 16.2 Å². The molecule has 92 valence electrons. The lowest BCUT2D eigenvalue weighted by Gasteiger charge is -2.21. The first-order valence-electron chi connectivity index (χ1n) is 4.69. The number of carbonyl (C=O) groups is 3. The van der Waals surface area contributed by atoms with Crippen LogP contribution in [0.5, 0.6) is 0 Å². The molecule has 0 aliphatic carbocycles. The molecule has 0 aliphatic heterocycles. The molecule has 0 radical (unpaired) electrons. The predicted octanol–water partition coefficient (Wildman–Crippen LogP) is -0.760. The zero-order chi connectivity index (χ0) is 12.9. The monoisotopic (exact) mass is 231 g/mol. The summed E-state index contributed by atoms with van der Waals surface area (Å²) in [6, 6.07) is -1.15. The summed E-state index contributed by atoms with van der Waals surface area (Å²) in [5.41, 5.74) is 9.18. The van der Waals surface area contributed by atoms with E-state index >= 15 is 0 Å². The van der Waals surface area contributed by atoms with Crippen LogP contribution in [-0.2, 0) is 14.3 Å². The molecule has 0 rings (SSSR count). The molecule has 7 nitrogen and oxygen atoms in total. The van der Waals surface area contributed by atoms with Gasteiger partial charge < -0.3 is 21.5 Å². The highest BCUT2D eigenvalue weighted by Gasteiger charge is 2.23. The van der Waals surface area contributed by atoms with Crippen molar-refractivity contribution in [1.29, 1.82) is 0 Å². The maximum absolute atomic E-state index is 11.3. The van der Waals surface area contributed by atoms with Crippen molar-refractivity contribution in [3.8, 4) is 0 Å². The van der Waals surface area contributed by atoms with E-state index in [0.717, 1.165) is 0 Å². The molecule has 0 aromatic rings. The van der Waals surface area contributed by atoms with Crippen LogP contribution >= 0.6 is 0 Å². The molecule has 16 heavy (non-hydrogen) atoms. The highest BCUT2D eigenvalue weighted by molar-refractivity contribution is 5.89. The van der Waals surface area contributed by atoms with Crippen LogP contribution in [0.2, 0.25) is 0 Å². The number of ether oxygens (including phenoxy) is 1. The van der Waals surface area contributed by atoms with Gasteiger partial charge in [-0.25, -0.2) is 4.79 Å². The number of rotatable bonds is 4. The Balaban J connectivity index is 4.35. The molecule has 0 saturated carbocycles. The van der Waals surface area contributed by atoms with Crippen LogP contribution in [0.1, 0.15) is 27.2 Å². The van der Waals surface area contributed by atoms with E-state index in [1.54, 1.807) is 20.8 Å². The van der Waals surface area contributed by atoms with Crippen LogP contribution in [-0.4, -0.2) is 29.6 Å². The predicted molar refractivity (Wildman–Crippen MR) is 56.2 cm³/mol. The van der Waals surface area contributed by atoms with Gasteiger partial charge in [-0.05, 0) is 20.8 Å². The number of amides is 3. The van der Waals surface area contributed by atoms with Gasteiger partial charge in [0.1, 0.15) is 11.6 Å². The Morgan fingerprint density at radius 1 is 1.25 bits per heavy atom. The van der Waals surface area contributed by atoms with Gasteiger partial charge in [0.2, 0.25) is 11.8 Å². The fourth-order valence-electron chi connectivity index (χ4n) is 0.874. The van der Waals surface area contributed by atoms with E-state index < -0.39 is 29.6 Å². The van der Waals surface area contributed by atoms with Gasteiger partial charge in [0.15, 0.2) is 0 Å². The summed E-state index contributed by atoms with van der Waals surface area (Å²) in [5.74, 6) is -1.58. The first kappa shape index (κ1) is 14.2. The molecule has 0 heterocycles. The molecule has 0 saturated heterocycles. The first-order valence-corrected chi connectivity index (χ1v) is 4.69. The molecule has 0 bridgehead atoms. The largest absolute Gasteiger partial charge is 0.444 e. The molecule has 7 heteroatoms. The second kappa shape index (κ2) is 5.34. The molecular weight excluding hydrogens is 214 g/mol. The minimum Gasteiger partial charge on any atom is -0.444 e. The van der Waals surface area contributed by atoms with Gasteiger partial charge in [0.05, 0.1) is 6.42 Å². The number of hydrogen-bond donors (Lipinski definition) is 3. The number of primary amides is 2. The summed E-state index contributed by atoms with van der Waals surface area (Å²) >= 11 is 0. The van der Waals surface area contributed by atoms with Crippen molar-refractivity contribution >= 4 is 17.9 Å². The molecule has 0 aromatic carbocycles. The van der Waals surface area contributed by atoms with E-state index in [1.807, 2.05) is 0 Å². The van der Waals surface area contributed by atoms with Crippen LogP contribution in [0.25, 0.3) is 0 Å². The average Bonchev–Trinajstić information content (AvgIpc) is 1.97. The molecule has 0 aromatic heterocycles. The van der Waals surface area contributed by atoms with E-state index in [2.05, 4.69) is 5.32 Å². The summed E-state index contributed by atoms with van der Waals surface area (Å²) < 4.78 is 4.89. The summed E-state index contributed by atoms with van der Waals surface area (Å²) in [5, 5.41) is 2.17. The van der Waals surface area contributed by atoms with Crippen molar-refractivity contribution in [2.45, 2.75) is 38.8 Å². The number of hydrogen-bond acceptors (Lipinski definition) is 4. The van der Waals surface area contributed by atoms with Crippen LogP contribution in [0.3, 0.4) is 0 Å². The SMILES string of the molecule is CC(C)(C)OC(=O)NC(CC(N)=O)C(N)=O. The molecule has 1 unspecified atom stereocenters. The van der Waals surface area contributed by atoms with Crippen molar-refractivity contribution < 1.29 is 19.1 Å². The van der Waals surface area contributed by atoms with Gasteiger partial charge in [-0.1, -0.05) is 0 Å². The van der Waals surface area contributed by atoms with Crippen LogP contribution in [0.15, 0.2) is 0 Å². The first-order chi connectivity index (χ1) is 7.11. The average molecular weight is 231 g/mol. The lowest BCUT2D eigenvalue weighted by molar-refractivity contribution is -0.125. The standard InChI is InChI=1S/C9H17N3O4/c1-9(2,3)16-8(15)12-5(7(11)14)4-6(10)13/h5H,4H2,1-3H3,(H2,10,13)(H2,11,14)(H,12,15). The summed E-state index contributed by atoms with van der Waals surface area (Å²) in [6.45, 7) is 5.00. The summed E-state index contributed by atoms with van der Waals surface area (Å²) in [6.07, 6.45) is -1.17. The van der Waals surface area contributed by atoms with Crippen LogP contribution in [0.4, 0.5) is 4.79 Å². The molecule has 0 spiro atoms. The summed E-state index contributed by atoms with van der Waals surface area (Å²) in [7, 11) is 0. The smallest absolute Gasteiger partial charge is 0.408 e. The van der Waals surface area contributed by atoms with Gasteiger partial charge in [-0.2, -0.15) is 0 Å². The van der Waals surface area contributed by atoms with Crippen molar-refractivity contribution in [3.63, 3.8) is 0 Å². The minimum atomic E-state index is -1.15. The molecule has 3 amide bonds. The number of nitrogens with one attached hydrogen (secondary N) is 1.